The van der Waals surface area contributed by atoms with Crippen LogP contribution in [0.1, 0.15) is 17.1 Å². The number of halogens is 1. The van der Waals surface area contributed by atoms with Gasteiger partial charge in [-0.05, 0) is 36.4 Å². The van der Waals surface area contributed by atoms with Gasteiger partial charge in [0, 0.05) is 14.2 Å². The molecule has 0 saturated heterocycles. The van der Waals surface area contributed by atoms with E-state index >= 15 is 0 Å². The van der Waals surface area contributed by atoms with Crippen molar-refractivity contribution in [1.29, 1.82) is 0 Å². The highest BCUT2D eigenvalue weighted by atomic mass is 127. The normalized spacial score (nSPS) is 10.8. The van der Waals surface area contributed by atoms with Crippen LogP contribution in [0.3, 0.4) is 0 Å². The van der Waals surface area contributed by atoms with Crippen molar-refractivity contribution in [3.63, 3.8) is 0 Å². The second kappa shape index (κ2) is 5.83. The summed E-state index contributed by atoms with van der Waals surface area (Å²) in [5.74, 6) is 2.09. The molecule has 0 saturated carbocycles. The topological polar surface area (TPSA) is 73.1 Å². The van der Waals surface area contributed by atoms with E-state index in [1.165, 1.54) is 0 Å². The van der Waals surface area contributed by atoms with Crippen molar-refractivity contribution in [2.45, 2.75) is 20.5 Å². The fourth-order valence-corrected chi connectivity index (χ4v) is 2.47. The quantitative estimate of drug-likeness (QED) is 0.830. The van der Waals surface area contributed by atoms with Gasteiger partial charge in [0.2, 0.25) is 0 Å². The zero-order valence-electron chi connectivity index (χ0n) is 11.2. The number of aryl methyl sites for hydroxylation is 2. The fourth-order valence-electron chi connectivity index (χ4n) is 1.81. The first kappa shape index (κ1) is 14.2. The summed E-state index contributed by atoms with van der Waals surface area (Å²) in [5, 5.41) is 7.01. The molecule has 2 aromatic heterocycles. The van der Waals surface area contributed by atoms with E-state index in [9.17, 15) is 0 Å². The zero-order valence-corrected chi connectivity index (χ0v) is 13.4. The molecule has 2 rings (SSSR count). The molecule has 0 aliphatic carbocycles. The summed E-state index contributed by atoms with van der Waals surface area (Å²) >= 11 is 2.21. The maximum Gasteiger partial charge on any atom is 0.167 e. The Morgan fingerprint density at radius 3 is 2.58 bits per heavy atom. The molecule has 102 valence electrons. The van der Waals surface area contributed by atoms with Crippen molar-refractivity contribution in [2.75, 3.05) is 19.5 Å². The Balaban J connectivity index is 2.61. The van der Waals surface area contributed by atoms with Gasteiger partial charge in [-0.3, -0.25) is 0 Å². The SMILES string of the molecule is CNc1nc(-c2c(C)noc2C)nc(COC)c1I. The summed E-state index contributed by atoms with van der Waals surface area (Å²) in [5.41, 5.74) is 2.46. The molecular formula is C12H15IN4O2. The second-order valence-electron chi connectivity index (χ2n) is 4.04. The van der Waals surface area contributed by atoms with Crippen molar-refractivity contribution in [2.24, 2.45) is 0 Å². The van der Waals surface area contributed by atoms with Gasteiger partial charge in [0.1, 0.15) is 11.6 Å². The summed E-state index contributed by atoms with van der Waals surface area (Å²) in [6.07, 6.45) is 0. The van der Waals surface area contributed by atoms with Crippen molar-refractivity contribution >= 4 is 28.4 Å². The van der Waals surface area contributed by atoms with Gasteiger partial charge in [-0.15, -0.1) is 0 Å². The lowest BCUT2D eigenvalue weighted by molar-refractivity contribution is 0.181. The minimum atomic E-state index is 0.436. The average Bonchev–Trinajstić information content (AvgIpc) is 2.72. The van der Waals surface area contributed by atoms with Gasteiger partial charge >= 0.3 is 0 Å². The monoisotopic (exact) mass is 374 g/mol. The third-order valence-electron chi connectivity index (χ3n) is 2.69. The molecule has 2 aromatic rings. The van der Waals surface area contributed by atoms with Crippen molar-refractivity contribution in [1.82, 2.24) is 15.1 Å². The molecule has 0 spiro atoms. The van der Waals surface area contributed by atoms with Gasteiger partial charge in [-0.25, -0.2) is 9.97 Å². The number of ether oxygens (including phenoxy) is 1. The lowest BCUT2D eigenvalue weighted by Crippen LogP contribution is -2.06. The lowest BCUT2D eigenvalue weighted by Gasteiger charge is -2.10. The van der Waals surface area contributed by atoms with Gasteiger partial charge in [0.15, 0.2) is 5.82 Å². The summed E-state index contributed by atoms with van der Waals surface area (Å²) in [6.45, 7) is 4.17. The van der Waals surface area contributed by atoms with E-state index in [1.807, 2.05) is 20.9 Å². The molecule has 0 aliphatic rings. The van der Waals surface area contributed by atoms with Crippen LogP contribution >= 0.6 is 22.6 Å². The highest BCUT2D eigenvalue weighted by molar-refractivity contribution is 14.1. The third-order valence-corrected chi connectivity index (χ3v) is 3.83. The summed E-state index contributed by atoms with van der Waals surface area (Å²) in [7, 11) is 3.48. The molecule has 0 unspecified atom stereocenters. The predicted octanol–water partition coefficient (Wildman–Crippen LogP) is 2.54. The number of hydrogen-bond donors (Lipinski definition) is 1. The summed E-state index contributed by atoms with van der Waals surface area (Å²) in [6, 6.07) is 0. The van der Waals surface area contributed by atoms with Crippen LogP contribution in [0.15, 0.2) is 4.52 Å². The standard InChI is InChI=1S/C12H15IN4O2/c1-6-9(7(2)19-17-6)11-15-8(5-18-4)10(13)12(14-3)16-11/h5H2,1-4H3,(H,14,15,16). The van der Waals surface area contributed by atoms with Crippen LogP contribution in [0.2, 0.25) is 0 Å². The zero-order chi connectivity index (χ0) is 14.0. The summed E-state index contributed by atoms with van der Waals surface area (Å²) in [4.78, 5) is 9.06. The van der Waals surface area contributed by atoms with Crippen LogP contribution in [-0.4, -0.2) is 29.3 Å². The van der Waals surface area contributed by atoms with Crippen LogP contribution in [0.5, 0.6) is 0 Å². The Labute approximate surface area is 125 Å². The van der Waals surface area contributed by atoms with Crippen molar-refractivity contribution < 1.29 is 9.26 Å². The number of nitrogens with one attached hydrogen (secondary N) is 1. The molecule has 2 heterocycles. The number of rotatable bonds is 4. The van der Waals surface area contributed by atoms with E-state index in [0.29, 0.717) is 18.2 Å². The molecule has 19 heavy (non-hydrogen) atoms. The van der Waals surface area contributed by atoms with Crippen molar-refractivity contribution in [3.8, 4) is 11.4 Å². The minimum Gasteiger partial charge on any atom is -0.378 e. The highest BCUT2D eigenvalue weighted by Crippen LogP contribution is 2.28. The Bertz CT molecular complexity index is 578. The smallest absolute Gasteiger partial charge is 0.167 e. The molecule has 6 nitrogen and oxygen atoms in total. The van der Waals surface area contributed by atoms with Gasteiger partial charge < -0.3 is 14.6 Å². The fraction of sp³-hybridized carbons (Fsp3) is 0.417. The maximum absolute atomic E-state index is 5.18. The second-order valence-corrected chi connectivity index (χ2v) is 5.12. The van der Waals surface area contributed by atoms with E-state index in [2.05, 4.69) is 43.0 Å². The number of nitrogens with zero attached hydrogens (tertiary/aromatic N) is 3. The first-order valence-electron chi connectivity index (χ1n) is 5.74. The van der Waals surface area contributed by atoms with Gasteiger partial charge in [0.05, 0.1) is 27.1 Å². The van der Waals surface area contributed by atoms with Crippen LogP contribution in [-0.2, 0) is 11.3 Å². The minimum absolute atomic E-state index is 0.436. The molecule has 0 radical (unpaired) electrons. The van der Waals surface area contributed by atoms with Gasteiger partial charge in [-0.2, -0.15) is 0 Å². The van der Waals surface area contributed by atoms with Crippen LogP contribution in [0.4, 0.5) is 5.82 Å². The number of methoxy groups -OCH3 is 1. The highest BCUT2D eigenvalue weighted by Gasteiger charge is 2.18. The molecule has 0 aromatic carbocycles. The van der Waals surface area contributed by atoms with Crippen LogP contribution in [0, 0.1) is 17.4 Å². The van der Waals surface area contributed by atoms with E-state index in [1.54, 1.807) is 7.11 Å². The largest absolute Gasteiger partial charge is 0.378 e. The lowest BCUT2D eigenvalue weighted by atomic mass is 10.2. The van der Waals surface area contributed by atoms with E-state index in [-0.39, 0.29) is 0 Å². The average molecular weight is 374 g/mol. The number of aromatic nitrogens is 3. The van der Waals surface area contributed by atoms with E-state index in [0.717, 1.165) is 26.3 Å². The molecule has 0 amide bonds. The summed E-state index contributed by atoms with van der Waals surface area (Å²) < 4.78 is 11.3. The first-order chi connectivity index (χ1) is 9.08. The van der Waals surface area contributed by atoms with Crippen LogP contribution in [0.25, 0.3) is 11.4 Å². The molecule has 0 fully saturated rings. The molecule has 0 atom stereocenters. The molecule has 0 aliphatic heterocycles. The maximum atomic E-state index is 5.18. The Morgan fingerprint density at radius 2 is 2.05 bits per heavy atom. The molecular weight excluding hydrogens is 359 g/mol. The van der Waals surface area contributed by atoms with E-state index < -0.39 is 0 Å². The third kappa shape index (κ3) is 2.71. The Kier molecular flexibility index (Phi) is 4.35. The van der Waals surface area contributed by atoms with Gasteiger partial charge in [-0.1, -0.05) is 5.16 Å². The number of anilines is 1. The molecule has 0 bridgehead atoms. The molecule has 7 heteroatoms. The first-order valence-corrected chi connectivity index (χ1v) is 6.82. The van der Waals surface area contributed by atoms with Crippen molar-refractivity contribution in [3.05, 3.63) is 20.7 Å². The number of hydrogen-bond acceptors (Lipinski definition) is 6. The predicted molar refractivity (Wildman–Crippen MR) is 80.0 cm³/mol. The van der Waals surface area contributed by atoms with E-state index in [4.69, 9.17) is 9.26 Å². The molecule has 1 N–H and O–H groups in total. The van der Waals surface area contributed by atoms with Crippen LogP contribution < -0.4 is 5.32 Å². The Morgan fingerprint density at radius 1 is 1.32 bits per heavy atom. The Hall–Kier alpha value is -1.22. The van der Waals surface area contributed by atoms with Gasteiger partial charge in [0.25, 0.3) is 0 Å².